The zero-order valence-corrected chi connectivity index (χ0v) is 10.7. The Morgan fingerprint density at radius 2 is 1.83 bits per heavy atom. The molecule has 0 aliphatic heterocycles. The first kappa shape index (κ1) is 12.4. The standard InChI is InChI=1S/C14H16N2O2/c1-14(2,3)12-11(13(17)18)9-15-16(12)10-7-5-4-6-8-10/h4-9H,1-3H3,(H,17,18). The predicted molar refractivity (Wildman–Crippen MR) is 69.2 cm³/mol. The van der Waals surface area contributed by atoms with Gasteiger partial charge in [0, 0.05) is 5.41 Å². The van der Waals surface area contributed by atoms with Crippen LogP contribution in [-0.2, 0) is 5.41 Å². The van der Waals surface area contributed by atoms with Crippen molar-refractivity contribution >= 4 is 5.97 Å². The molecule has 0 spiro atoms. The molecule has 2 rings (SSSR count). The molecular weight excluding hydrogens is 228 g/mol. The van der Waals surface area contributed by atoms with Gasteiger partial charge in [0.1, 0.15) is 5.56 Å². The maximum Gasteiger partial charge on any atom is 0.339 e. The van der Waals surface area contributed by atoms with E-state index in [1.165, 1.54) is 6.20 Å². The number of carboxylic acids is 1. The van der Waals surface area contributed by atoms with E-state index in [-0.39, 0.29) is 11.0 Å². The molecule has 1 aromatic heterocycles. The molecule has 1 N–H and O–H groups in total. The second-order valence-electron chi connectivity index (χ2n) is 5.21. The summed E-state index contributed by atoms with van der Waals surface area (Å²) in [5.74, 6) is -0.942. The van der Waals surface area contributed by atoms with Crippen LogP contribution in [0.3, 0.4) is 0 Å². The average Bonchev–Trinajstić information content (AvgIpc) is 2.74. The van der Waals surface area contributed by atoms with Gasteiger partial charge in [-0.1, -0.05) is 39.0 Å². The van der Waals surface area contributed by atoms with Crippen LogP contribution < -0.4 is 0 Å². The molecule has 4 heteroatoms. The van der Waals surface area contributed by atoms with Gasteiger partial charge in [-0.2, -0.15) is 5.10 Å². The number of aromatic nitrogens is 2. The van der Waals surface area contributed by atoms with E-state index in [4.69, 9.17) is 0 Å². The van der Waals surface area contributed by atoms with Crippen LogP contribution in [0.4, 0.5) is 0 Å². The number of nitrogens with zero attached hydrogens (tertiary/aromatic N) is 2. The second kappa shape index (κ2) is 4.29. The van der Waals surface area contributed by atoms with E-state index in [2.05, 4.69) is 5.10 Å². The smallest absolute Gasteiger partial charge is 0.339 e. The van der Waals surface area contributed by atoms with Gasteiger partial charge in [0.25, 0.3) is 0 Å². The number of hydrogen-bond acceptors (Lipinski definition) is 2. The molecule has 0 saturated heterocycles. The van der Waals surface area contributed by atoms with Crippen LogP contribution in [0.15, 0.2) is 36.5 Å². The lowest BCUT2D eigenvalue weighted by atomic mass is 9.89. The van der Waals surface area contributed by atoms with Crippen LogP contribution in [0.2, 0.25) is 0 Å². The highest BCUT2D eigenvalue weighted by molar-refractivity contribution is 5.89. The summed E-state index contributed by atoms with van der Waals surface area (Å²) in [6.45, 7) is 5.95. The van der Waals surface area contributed by atoms with Gasteiger partial charge < -0.3 is 5.11 Å². The Balaban J connectivity index is 2.67. The minimum atomic E-state index is -0.942. The summed E-state index contributed by atoms with van der Waals surface area (Å²) < 4.78 is 1.70. The van der Waals surface area contributed by atoms with Crippen molar-refractivity contribution in [3.8, 4) is 5.69 Å². The van der Waals surface area contributed by atoms with Gasteiger partial charge in [0.05, 0.1) is 17.6 Å². The molecule has 1 aromatic carbocycles. The normalized spacial score (nSPS) is 11.5. The predicted octanol–water partition coefficient (Wildman–Crippen LogP) is 2.87. The molecule has 0 aliphatic rings. The summed E-state index contributed by atoms with van der Waals surface area (Å²) in [6, 6.07) is 9.55. The van der Waals surface area contributed by atoms with E-state index in [9.17, 15) is 9.90 Å². The van der Waals surface area contributed by atoms with Gasteiger partial charge in [-0.3, -0.25) is 0 Å². The van der Waals surface area contributed by atoms with Crippen molar-refractivity contribution in [3.63, 3.8) is 0 Å². The summed E-state index contributed by atoms with van der Waals surface area (Å²) in [7, 11) is 0. The highest BCUT2D eigenvalue weighted by Gasteiger charge is 2.27. The number of aromatic carboxylic acids is 1. The fourth-order valence-electron chi connectivity index (χ4n) is 1.99. The Labute approximate surface area is 106 Å². The van der Waals surface area contributed by atoms with Crippen molar-refractivity contribution in [1.82, 2.24) is 9.78 Å². The van der Waals surface area contributed by atoms with Crippen LogP contribution in [-0.4, -0.2) is 20.9 Å². The molecule has 0 aliphatic carbocycles. The van der Waals surface area contributed by atoms with Crippen LogP contribution in [0.1, 0.15) is 36.8 Å². The monoisotopic (exact) mass is 244 g/mol. The summed E-state index contributed by atoms with van der Waals surface area (Å²) in [5.41, 5.74) is 1.54. The lowest BCUT2D eigenvalue weighted by Gasteiger charge is -2.21. The van der Waals surface area contributed by atoms with Gasteiger partial charge >= 0.3 is 5.97 Å². The zero-order valence-electron chi connectivity index (χ0n) is 10.7. The maximum absolute atomic E-state index is 11.3. The minimum Gasteiger partial charge on any atom is -0.478 e. The van der Waals surface area contributed by atoms with Crippen LogP contribution in [0.5, 0.6) is 0 Å². The molecular formula is C14H16N2O2. The molecule has 18 heavy (non-hydrogen) atoms. The molecule has 0 unspecified atom stereocenters. The number of carbonyl (C=O) groups is 1. The van der Waals surface area contributed by atoms with Crippen LogP contribution in [0.25, 0.3) is 5.69 Å². The number of benzene rings is 1. The fraction of sp³-hybridized carbons (Fsp3) is 0.286. The summed E-state index contributed by atoms with van der Waals surface area (Å²) in [5, 5.41) is 13.4. The minimum absolute atomic E-state index is 0.256. The van der Waals surface area contributed by atoms with Gasteiger partial charge in [0.2, 0.25) is 0 Å². The Hall–Kier alpha value is -2.10. The Morgan fingerprint density at radius 1 is 1.22 bits per heavy atom. The van der Waals surface area contributed by atoms with E-state index in [0.29, 0.717) is 5.69 Å². The van der Waals surface area contributed by atoms with Crippen molar-refractivity contribution in [3.05, 3.63) is 47.8 Å². The Morgan fingerprint density at radius 3 is 2.33 bits per heavy atom. The van der Waals surface area contributed by atoms with E-state index < -0.39 is 5.97 Å². The lowest BCUT2D eigenvalue weighted by Crippen LogP contribution is -2.20. The molecule has 1 heterocycles. The molecule has 0 radical (unpaired) electrons. The van der Waals surface area contributed by atoms with Gasteiger partial charge in [0.15, 0.2) is 0 Å². The molecule has 0 bridgehead atoms. The third-order valence-corrected chi connectivity index (χ3v) is 2.71. The number of rotatable bonds is 2. The fourth-order valence-corrected chi connectivity index (χ4v) is 1.99. The Kier molecular flexibility index (Phi) is 2.95. The van der Waals surface area contributed by atoms with E-state index >= 15 is 0 Å². The van der Waals surface area contributed by atoms with Crippen LogP contribution >= 0.6 is 0 Å². The number of para-hydroxylation sites is 1. The van der Waals surface area contributed by atoms with Gasteiger partial charge in [-0.15, -0.1) is 0 Å². The molecule has 0 fully saturated rings. The van der Waals surface area contributed by atoms with E-state index in [1.54, 1.807) is 4.68 Å². The van der Waals surface area contributed by atoms with Crippen molar-refractivity contribution in [2.45, 2.75) is 26.2 Å². The Bertz CT molecular complexity index is 565. The average molecular weight is 244 g/mol. The molecule has 0 saturated carbocycles. The summed E-state index contributed by atoms with van der Waals surface area (Å²) in [6.07, 6.45) is 1.41. The third kappa shape index (κ3) is 2.14. The highest BCUT2D eigenvalue weighted by Crippen LogP contribution is 2.28. The van der Waals surface area contributed by atoms with Crippen molar-refractivity contribution in [2.24, 2.45) is 0 Å². The first-order chi connectivity index (χ1) is 8.41. The number of carboxylic acid groups (broad SMARTS) is 1. The second-order valence-corrected chi connectivity index (χ2v) is 5.21. The SMILES string of the molecule is CC(C)(C)c1c(C(=O)O)cnn1-c1ccccc1. The van der Waals surface area contributed by atoms with Crippen LogP contribution in [0, 0.1) is 0 Å². The largest absolute Gasteiger partial charge is 0.478 e. The number of hydrogen-bond donors (Lipinski definition) is 1. The third-order valence-electron chi connectivity index (χ3n) is 2.71. The first-order valence-corrected chi connectivity index (χ1v) is 5.78. The molecule has 4 nitrogen and oxygen atoms in total. The lowest BCUT2D eigenvalue weighted by molar-refractivity contribution is 0.0694. The summed E-state index contributed by atoms with van der Waals surface area (Å²) in [4.78, 5) is 11.3. The molecule has 94 valence electrons. The van der Waals surface area contributed by atoms with Gasteiger partial charge in [-0.05, 0) is 12.1 Å². The van der Waals surface area contributed by atoms with Gasteiger partial charge in [-0.25, -0.2) is 9.48 Å². The molecule has 0 atom stereocenters. The molecule has 0 amide bonds. The topological polar surface area (TPSA) is 55.1 Å². The molecule has 2 aromatic rings. The van der Waals surface area contributed by atoms with E-state index in [1.807, 2.05) is 51.1 Å². The van der Waals surface area contributed by atoms with Crippen molar-refractivity contribution in [2.75, 3.05) is 0 Å². The highest BCUT2D eigenvalue weighted by atomic mass is 16.4. The quantitative estimate of drug-likeness (QED) is 0.883. The summed E-state index contributed by atoms with van der Waals surface area (Å²) >= 11 is 0. The zero-order chi connectivity index (χ0) is 13.3. The first-order valence-electron chi connectivity index (χ1n) is 5.78. The maximum atomic E-state index is 11.3. The van der Waals surface area contributed by atoms with Crippen molar-refractivity contribution < 1.29 is 9.90 Å². The van der Waals surface area contributed by atoms with E-state index in [0.717, 1.165) is 5.69 Å². The van der Waals surface area contributed by atoms with Crippen molar-refractivity contribution in [1.29, 1.82) is 0 Å².